The SMILES string of the molecule is Cc1ccc2nc(NC(=O)CCCCC(=O)Nc3nc4ccc(C)cc4s3)sc2c1. The molecule has 2 heterocycles. The molecule has 0 saturated heterocycles. The highest BCUT2D eigenvalue weighted by molar-refractivity contribution is 7.22. The monoisotopic (exact) mass is 438 g/mol. The number of carbonyl (C=O) groups is 2. The molecule has 0 saturated carbocycles. The number of carbonyl (C=O) groups excluding carboxylic acids is 2. The number of nitrogens with one attached hydrogen (secondary N) is 2. The van der Waals surface area contributed by atoms with E-state index in [4.69, 9.17) is 0 Å². The van der Waals surface area contributed by atoms with E-state index in [1.165, 1.54) is 33.8 Å². The van der Waals surface area contributed by atoms with Crippen molar-refractivity contribution in [2.75, 3.05) is 10.6 Å². The molecule has 154 valence electrons. The lowest BCUT2D eigenvalue weighted by molar-refractivity contribution is -0.118. The second kappa shape index (κ2) is 8.89. The van der Waals surface area contributed by atoms with Crippen LogP contribution >= 0.6 is 22.7 Å². The van der Waals surface area contributed by atoms with Crippen molar-refractivity contribution >= 4 is 65.2 Å². The molecule has 2 aromatic carbocycles. The summed E-state index contributed by atoms with van der Waals surface area (Å²) in [7, 11) is 0. The topological polar surface area (TPSA) is 84.0 Å². The number of amides is 2. The van der Waals surface area contributed by atoms with Gasteiger partial charge in [-0.3, -0.25) is 9.59 Å². The molecule has 0 unspecified atom stereocenters. The maximum absolute atomic E-state index is 12.2. The third-order valence-corrected chi connectivity index (χ3v) is 6.51. The predicted molar refractivity (Wildman–Crippen MR) is 124 cm³/mol. The van der Waals surface area contributed by atoms with Crippen LogP contribution in [0.15, 0.2) is 36.4 Å². The van der Waals surface area contributed by atoms with E-state index in [0.717, 1.165) is 20.4 Å². The maximum atomic E-state index is 12.2. The Hall–Kier alpha value is -2.84. The highest BCUT2D eigenvalue weighted by Crippen LogP contribution is 2.28. The molecule has 30 heavy (non-hydrogen) atoms. The molecule has 2 aromatic heterocycles. The summed E-state index contributed by atoms with van der Waals surface area (Å²) in [6, 6.07) is 12.1. The van der Waals surface area contributed by atoms with Gasteiger partial charge in [-0.05, 0) is 62.1 Å². The molecule has 6 nitrogen and oxygen atoms in total. The quantitative estimate of drug-likeness (QED) is 0.365. The van der Waals surface area contributed by atoms with Crippen LogP contribution in [0.1, 0.15) is 36.8 Å². The molecule has 0 aliphatic carbocycles. The van der Waals surface area contributed by atoms with Crippen molar-refractivity contribution < 1.29 is 9.59 Å². The number of aryl methyl sites for hydroxylation is 2. The highest BCUT2D eigenvalue weighted by Gasteiger charge is 2.10. The Labute approximate surface area is 182 Å². The van der Waals surface area contributed by atoms with Crippen molar-refractivity contribution in [1.82, 2.24) is 9.97 Å². The van der Waals surface area contributed by atoms with Gasteiger partial charge < -0.3 is 10.6 Å². The van der Waals surface area contributed by atoms with Crippen LogP contribution in [0, 0.1) is 13.8 Å². The van der Waals surface area contributed by atoms with E-state index in [0.29, 0.717) is 35.9 Å². The van der Waals surface area contributed by atoms with Gasteiger partial charge in [0.15, 0.2) is 10.3 Å². The first-order valence-corrected chi connectivity index (χ1v) is 11.4. The van der Waals surface area contributed by atoms with E-state index in [1.807, 2.05) is 38.1 Å². The maximum Gasteiger partial charge on any atom is 0.226 e. The average Bonchev–Trinajstić information content (AvgIpc) is 3.27. The first kappa shape index (κ1) is 20.4. The lowest BCUT2D eigenvalue weighted by Crippen LogP contribution is -2.13. The van der Waals surface area contributed by atoms with Crippen LogP contribution in [0.25, 0.3) is 20.4 Å². The molecule has 0 atom stereocenters. The summed E-state index contributed by atoms with van der Waals surface area (Å²) in [4.78, 5) is 33.2. The van der Waals surface area contributed by atoms with Gasteiger partial charge in [0.05, 0.1) is 20.4 Å². The van der Waals surface area contributed by atoms with E-state index in [2.05, 4.69) is 32.7 Å². The van der Waals surface area contributed by atoms with Crippen molar-refractivity contribution in [2.45, 2.75) is 39.5 Å². The zero-order valence-corrected chi connectivity index (χ0v) is 18.5. The number of unbranched alkanes of at least 4 members (excludes halogenated alkanes) is 1. The molecule has 0 spiro atoms. The number of fused-ring (bicyclic) bond motifs is 2. The second-order valence-electron chi connectivity index (χ2n) is 7.28. The second-order valence-corrected chi connectivity index (χ2v) is 9.35. The van der Waals surface area contributed by atoms with Crippen LogP contribution in [0.5, 0.6) is 0 Å². The van der Waals surface area contributed by atoms with E-state index in [-0.39, 0.29) is 11.8 Å². The van der Waals surface area contributed by atoms with Crippen LogP contribution < -0.4 is 10.6 Å². The number of anilines is 2. The Balaban J connectivity index is 1.20. The zero-order chi connectivity index (χ0) is 21.1. The van der Waals surface area contributed by atoms with Gasteiger partial charge in [-0.25, -0.2) is 9.97 Å². The Bertz CT molecular complexity index is 1130. The minimum Gasteiger partial charge on any atom is -0.302 e. The van der Waals surface area contributed by atoms with Gasteiger partial charge in [-0.1, -0.05) is 34.8 Å². The Morgan fingerprint density at radius 3 is 1.63 bits per heavy atom. The van der Waals surface area contributed by atoms with Gasteiger partial charge in [0.25, 0.3) is 0 Å². The number of hydrogen-bond acceptors (Lipinski definition) is 6. The Morgan fingerprint density at radius 2 is 1.20 bits per heavy atom. The summed E-state index contributed by atoms with van der Waals surface area (Å²) >= 11 is 2.95. The van der Waals surface area contributed by atoms with Crippen LogP contribution in [0.4, 0.5) is 10.3 Å². The largest absolute Gasteiger partial charge is 0.302 e. The lowest BCUT2D eigenvalue weighted by Gasteiger charge is -2.02. The molecular weight excluding hydrogens is 416 g/mol. The van der Waals surface area contributed by atoms with Gasteiger partial charge in [-0.15, -0.1) is 0 Å². The fourth-order valence-electron chi connectivity index (χ4n) is 3.11. The van der Waals surface area contributed by atoms with E-state index < -0.39 is 0 Å². The molecule has 8 heteroatoms. The number of hydrogen-bond donors (Lipinski definition) is 2. The summed E-state index contributed by atoms with van der Waals surface area (Å²) in [6.45, 7) is 4.07. The molecule has 2 N–H and O–H groups in total. The van der Waals surface area contributed by atoms with Crippen LogP contribution in [-0.2, 0) is 9.59 Å². The number of rotatable bonds is 7. The minimum absolute atomic E-state index is 0.0762. The lowest BCUT2D eigenvalue weighted by atomic mass is 10.2. The standard InChI is InChI=1S/C22H22N4O2S2/c1-13-7-9-15-17(11-13)29-21(23-15)25-19(27)5-3-4-6-20(28)26-22-24-16-10-8-14(2)12-18(16)30-22/h7-12H,3-6H2,1-2H3,(H,23,25,27)(H,24,26,28). The normalized spacial score (nSPS) is 11.1. The molecule has 0 fully saturated rings. The van der Waals surface area contributed by atoms with Crippen LogP contribution in [0.2, 0.25) is 0 Å². The molecule has 0 aliphatic rings. The first-order valence-electron chi connectivity index (χ1n) is 9.80. The Kier molecular flexibility index (Phi) is 6.06. The smallest absolute Gasteiger partial charge is 0.226 e. The fourth-order valence-corrected chi connectivity index (χ4v) is 5.07. The molecule has 2 amide bonds. The summed E-state index contributed by atoms with van der Waals surface area (Å²) in [5.74, 6) is -0.152. The zero-order valence-electron chi connectivity index (χ0n) is 16.8. The first-order chi connectivity index (χ1) is 14.5. The molecule has 0 radical (unpaired) electrons. The number of nitrogens with zero attached hydrogens (tertiary/aromatic N) is 2. The Morgan fingerprint density at radius 1 is 0.767 bits per heavy atom. The minimum atomic E-state index is -0.0762. The molecule has 0 aliphatic heterocycles. The van der Waals surface area contributed by atoms with Gasteiger partial charge >= 0.3 is 0 Å². The molecular formula is C22H22N4O2S2. The molecule has 4 rings (SSSR count). The molecule has 4 aromatic rings. The number of aromatic nitrogens is 2. The van der Waals surface area contributed by atoms with Gasteiger partial charge in [-0.2, -0.15) is 0 Å². The van der Waals surface area contributed by atoms with E-state index in [1.54, 1.807) is 0 Å². The van der Waals surface area contributed by atoms with Crippen molar-refractivity contribution in [2.24, 2.45) is 0 Å². The highest BCUT2D eigenvalue weighted by atomic mass is 32.1. The van der Waals surface area contributed by atoms with Crippen LogP contribution in [0.3, 0.4) is 0 Å². The summed E-state index contributed by atoms with van der Waals surface area (Å²) in [5, 5.41) is 6.95. The third kappa shape index (κ3) is 5.01. The summed E-state index contributed by atoms with van der Waals surface area (Å²) in [6.07, 6.45) is 2.01. The predicted octanol–water partition coefficient (Wildman–Crippen LogP) is 5.66. The van der Waals surface area contributed by atoms with Crippen molar-refractivity contribution in [1.29, 1.82) is 0 Å². The van der Waals surface area contributed by atoms with Crippen LogP contribution in [-0.4, -0.2) is 21.8 Å². The summed E-state index contributed by atoms with van der Waals surface area (Å²) < 4.78 is 2.12. The number of thiazole rings is 2. The van der Waals surface area contributed by atoms with Crippen molar-refractivity contribution in [3.05, 3.63) is 47.5 Å². The van der Waals surface area contributed by atoms with Gasteiger partial charge in [0.1, 0.15) is 0 Å². The van der Waals surface area contributed by atoms with Crippen molar-refractivity contribution in [3.8, 4) is 0 Å². The van der Waals surface area contributed by atoms with E-state index in [9.17, 15) is 9.59 Å². The summed E-state index contributed by atoms with van der Waals surface area (Å²) in [5.41, 5.74) is 4.12. The molecule has 0 bridgehead atoms. The van der Waals surface area contributed by atoms with E-state index >= 15 is 0 Å². The van der Waals surface area contributed by atoms with Crippen molar-refractivity contribution in [3.63, 3.8) is 0 Å². The fraction of sp³-hybridized carbons (Fsp3) is 0.273. The van der Waals surface area contributed by atoms with Gasteiger partial charge in [0, 0.05) is 12.8 Å². The third-order valence-electron chi connectivity index (χ3n) is 4.64. The average molecular weight is 439 g/mol. The number of benzene rings is 2. The van der Waals surface area contributed by atoms with Gasteiger partial charge in [0.2, 0.25) is 11.8 Å².